The zero-order valence-corrected chi connectivity index (χ0v) is 7.20. The molecule has 0 aliphatic carbocycles. The third-order valence-electron chi connectivity index (χ3n) is 1.60. The van der Waals surface area contributed by atoms with Crippen molar-refractivity contribution in [2.24, 2.45) is 11.3 Å². The summed E-state index contributed by atoms with van der Waals surface area (Å²) in [7, 11) is 0. The van der Waals surface area contributed by atoms with E-state index in [1.807, 2.05) is 0 Å². The topological polar surface area (TPSA) is 0 Å². The molecule has 0 fully saturated rings. The van der Waals surface area contributed by atoms with Crippen LogP contribution in [0.3, 0.4) is 0 Å². The first-order chi connectivity index (χ1) is 3.95. The average molecular weight is 127 g/mol. The van der Waals surface area contributed by atoms with E-state index in [9.17, 15) is 0 Å². The molecule has 0 heterocycles. The van der Waals surface area contributed by atoms with E-state index in [-0.39, 0.29) is 5.41 Å². The first-order valence-corrected chi connectivity index (χ1v) is 3.81. The summed E-state index contributed by atoms with van der Waals surface area (Å²) < 4.78 is 0. The van der Waals surface area contributed by atoms with E-state index in [2.05, 4.69) is 34.6 Å². The minimum Gasteiger partial charge on any atom is -0.0651 e. The van der Waals surface area contributed by atoms with Gasteiger partial charge in [0.15, 0.2) is 0 Å². The predicted molar refractivity (Wildman–Crippen MR) is 43.2 cm³/mol. The molecule has 0 spiro atoms. The molecule has 0 aliphatic rings. The Balaban J connectivity index is 3.47. The van der Waals surface area contributed by atoms with E-state index in [1.165, 1.54) is 12.8 Å². The highest BCUT2D eigenvalue weighted by Crippen LogP contribution is 2.24. The Labute approximate surface area is 59.7 Å². The molecule has 0 aromatic heterocycles. The summed E-state index contributed by atoms with van der Waals surface area (Å²) in [6.07, 6.45) is 2.52. The van der Waals surface area contributed by atoms with Gasteiger partial charge in [0, 0.05) is 0 Å². The number of hydrogen-bond acceptors (Lipinski definition) is 0. The maximum atomic E-state index is 4.06. The molecule has 0 aliphatic heterocycles. The molecule has 0 saturated heterocycles. The predicted octanol–water partition coefficient (Wildman–Crippen LogP) is 3.28. The maximum Gasteiger partial charge on any atom is -0.0351 e. The van der Waals surface area contributed by atoms with Gasteiger partial charge in [0.25, 0.3) is 0 Å². The lowest BCUT2D eigenvalue weighted by atomic mass is 9.84. The Bertz CT molecular complexity index is 66.6. The van der Waals surface area contributed by atoms with Crippen molar-refractivity contribution in [3.63, 3.8) is 0 Å². The van der Waals surface area contributed by atoms with Crippen molar-refractivity contribution in [3.8, 4) is 0 Å². The smallest absolute Gasteiger partial charge is 0.0351 e. The molecular formula is C9H19. The summed E-state index contributed by atoms with van der Waals surface area (Å²) in [5.74, 6) is 0.831. The summed E-state index contributed by atoms with van der Waals surface area (Å²) in [4.78, 5) is 0. The van der Waals surface area contributed by atoms with Gasteiger partial charge in [0.1, 0.15) is 0 Å². The van der Waals surface area contributed by atoms with Crippen LogP contribution in [-0.2, 0) is 0 Å². The normalized spacial score (nSPS) is 15.7. The molecule has 0 N–H and O–H groups in total. The van der Waals surface area contributed by atoms with Crippen LogP contribution in [0.1, 0.15) is 40.5 Å². The van der Waals surface area contributed by atoms with Gasteiger partial charge in [0.2, 0.25) is 0 Å². The first-order valence-electron chi connectivity index (χ1n) is 3.81. The molecule has 0 aromatic rings. The van der Waals surface area contributed by atoms with Gasteiger partial charge in [-0.15, -0.1) is 0 Å². The Kier molecular flexibility index (Phi) is 3.24. The number of hydrogen-bond donors (Lipinski definition) is 0. The molecule has 9 heavy (non-hydrogen) atoms. The molecular weight excluding hydrogens is 108 g/mol. The Morgan fingerprint density at radius 1 is 1.44 bits per heavy atom. The monoisotopic (exact) mass is 127 g/mol. The molecule has 0 saturated carbocycles. The van der Waals surface area contributed by atoms with Gasteiger partial charge in [0.05, 0.1) is 0 Å². The quantitative estimate of drug-likeness (QED) is 0.545. The molecule has 1 unspecified atom stereocenters. The molecule has 0 bridgehead atoms. The summed E-state index contributed by atoms with van der Waals surface area (Å²) in [5.41, 5.74) is 0.273. The van der Waals surface area contributed by atoms with Crippen LogP contribution in [0.4, 0.5) is 0 Å². The lowest BCUT2D eigenvalue weighted by Crippen LogP contribution is -2.10. The van der Waals surface area contributed by atoms with Crippen molar-refractivity contribution in [1.82, 2.24) is 0 Å². The van der Waals surface area contributed by atoms with Crippen molar-refractivity contribution in [2.75, 3.05) is 0 Å². The number of rotatable bonds is 3. The second kappa shape index (κ2) is 3.24. The van der Waals surface area contributed by atoms with Gasteiger partial charge in [-0.3, -0.25) is 0 Å². The molecule has 0 nitrogen and oxygen atoms in total. The Morgan fingerprint density at radius 3 is 2.00 bits per heavy atom. The van der Waals surface area contributed by atoms with Crippen LogP contribution in [0.5, 0.6) is 0 Å². The fourth-order valence-corrected chi connectivity index (χ4v) is 1.09. The molecule has 55 valence electrons. The van der Waals surface area contributed by atoms with Crippen LogP contribution in [0.25, 0.3) is 0 Å². The third-order valence-corrected chi connectivity index (χ3v) is 1.60. The zero-order valence-electron chi connectivity index (χ0n) is 7.20. The molecule has 0 rings (SSSR count). The highest BCUT2D eigenvalue weighted by Gasteiger charge is 2.13. The Hall–Kier alpha value is 0. The maximum absolute atomic E-state index is 4.06. The minimum absolute atomic E-state index is 0.273. The zero-order chi connectivity index (χ0) is 7.49. The van der Waals surface area contributed by atoms with Crippen molar-refractivity contribution >= 4 is 0 Å². The summed E-state index contributed by atoms with van der Waals surface area (Å²) in [6.45, 7) is 13.0. The highest BCUT2D eigenvalue weighted by atomic mass is 14.2. The van der Waals surface area contributed by atoms with Crippen molar-refractivity contribution < 1.29 is 0 Å². The molecule has 1 radical (unpaired) electrons. The van der Waals surface area contributed by atoms with Gasteiger partial charge in [-0.25, -0.2) is 0 Å². The van der Waals surface area contributed by atoms with Crippen LogP contribution in [0, 0.1) is 18.3 Å². The average Bonchev–Trinajstić information content (AvgIpc) is 1.62. The van der Waals surface area contributed by atoms with Gasteiger partial charge < -0.3 is 0 Å². The fourth-order valence-electron chi connectivity index (χ4n) is 1.09. The lowest BCUT2D eigenvalue weighted by molar-refractivity contribution is 0.339. The van der Waals surface area contributed by atoms with E-state index in [1.54, 1.807) is 0 Å². The van der Waals surface area contributed by atoms with Crippen LogP contribution >= 0.6 is 0 Å². The summed E-state index contributed by atoms with van der Waals surface area (Å²) in [6, 6.07) is 0. The second-order valence-electron chi connectivity index (χ2n) is 3.88. The SMILES string of the molecule is [CH2]C(C)(C)CC(C)CC. The van der Waals surface area contributed by atoms with Crippen LogP contribution < -0.4 is 0 Å². The van der Waals surface area contributed by atoms with E-state index in [4.69, 9.17) is 0 Å². The van der Waals surface area contributed by atoms with Gasteiger partial charge in [-0.2, -0.15) is 0 Å². The highest BCUT2D eigenvalue weighted by molar-refractivity contribution is 4.72. The molecule has 0 heteroatoms. The fraction of sp³-hybridized carbons (Fsp3) is 0.889. The van der Waals surface area contributed by atoms with Crippen molar-refractivity contribution in [2.45, 2.75) is 40.5 Å². The molecule has 0 aromatic carbocycles. The third kappa shape index (κ3) is 5.88. The van der Waals surface area contributed by atoms with Crippen molar-refractivity contribution in [1.29, 1.82) is 0 Å². The van der Waals surface area contributed by atoms with Crippen LogP contribution in [0.2, 0.25) is 0 Å². The van der Waals surface area contributed by atoms with E-state index >= 15 is 0 Å². The van der Waals surface area contributed by atoms with Crippen LogP contribution in [-0.4, -0.2) is 0 Å². The summed E-state index contributed by atoms with van der Waals surface area (Å²) >= 11 is 0. The van der Waals surface area contributed by atoms with Gasteiger partial charge >= 0.3 is 0 Å². The van der Waals surface area contributed by atoms with E-state index < -0.39 is 0 Å². The van der Waals surface area contributed by atoms with Gasteiger partial charge in [-0.05, 0) is 24.7 Å². The second-order valence-corrected chi connectivity index (χ2v) is 3.88. The minimum atomic E-state index is 0.273. The standard InChI is InChI=1S/C9H19/c1-6-8(2)7-9(3,4)5/h8H,3,6-7H2,1-2,4-5H3. The molecule has 1 atom stereocenters. The van der Waals surface area contributed by atoms with E-state index in [0.717, 1.165) is 5.92 Å². The summed E-state index contributed by atoms with van der Waals surface area (Å²) in [5, 5.41) is 0. The van der Waals surface area contributed by atoms with E-state index in [0.29, 0.717) is 0 Å². The van der Waals surface area contributed by atoms with Crippen molar-refractivity contribution in [3.05, 3.63) is 6.92 Å². The first kappa shape index (κ1) is 9.00. The Morgan fingerprint density at radius 2 is 1.89 bits per heavy atom. The van der Waals surface area contributed by atoms with Gasteiger partial charge in [-0.1, -0.05) is 34.1 Å². The van der Waals surface area contributed by atoms with Crippen LogP contribution in [0.15, 0.2) is 0 Å². The molecule has 0 amide bonds. The largest absolute Gasteiger partial charge is 0.0651 e. The lowest BCUT2D eigenvalue weighted by Gasteiger charge is -2.21.